The molecule has 1 saturated heterocycles. The normalized spacial score (nSPS) is 15.6. The quantitative estimate of drug-likeness (QED) is 0.383. The van der Waals surface area contributed by atoms with Gasteiger partial charge in [-0.05, 0) is 63.4 Å². The molecule has 36 heavy (non-hydrogen) atoms. The first-order valence-corrected chi connectivity index (χ1v) is 12.4. The molecule has 0 unspecified atom stereocenters. The largest absolute Gasteiger partial charge is 0.497 e. The van der Waals surface area contributed by atoms with E-state index in [1.54, 1.807) is 31.4 Å². The molecule has 0 saturated carbocycles. The summed E-state index contributed by atoms with van der Waals surface area (Å²) < 4.78 is 23.3. The third kappa shape index (κ3) is 5.68. The number of piperidine rings is 1. The van der Waals surface area contributed by atoms with Crippen molar-refractivity contribution in [2.75, 3.05) is 27.3 Å². The maximum Gasteiger partial charge on any atom is 0.410 e. The molecule has 0 atom stereocenters. The van der Waals surface area contributed by atoms with Crippen molar-refractivity contribution in [1.82, 2.24) is 9.88 Å². The van der Waals surface area contributed by atoms with E-state index in [2.05, 4.69) is 4.98 Å². The second kappa shape index (κ2) is 10.5. The van der Waals surface area contributed by atoms with E-state index in [1.165, 1.54) is 0 Å². The Bertz CT molecular complexity index is 1220. The zero-order valence-corrected chi connectivity index (χ0v) is 22.2. The van der Waals surface area contributed by atoms with Gasteiger partial charge in [0, 0.05) is 43.4 Å². The third-order valence-corrected chi connectivity index (χ3v) is 6.78. The number of nitrogens with zero attached hydrogens (tertiary/aromatic N) is 2. The van der Waals surface area contributed by atoms with Gasteiger partial charge in [0.25, 0.3) is 0 Å². The highest BCUT2D eigenvalue weighted by molar-refractivity contribution is 6.35. The van der Waals surface area contributed by atoms with Gasteiger partial charge in [-0.25, -0.2) is 4.79 Å². The van der Waals surface area contributed by atoms with Crippen molar-refractivity contribution >= 4 is 28.6 Å². The van der Waals surface area contributed by atoms with Crippen molar-refractivity contribution < 1.29 is 23.7 Å². The van der Waals surface area contributed by atoms with Crippen LogP contribution in [0.1, 0.15) is 44.7 Å². The molecule has 2 heterocycles. The number of hydrogen-bond acceptors (Lipinski definition) is 6. The molecule has 7 nitrogen and oxygen atoms in total. The number of fused-ring (bicyclic) bond motifs is 1. The number of benzene rings is 2. The highest BCUT2D eigenvalue weighted by Gasteiger charge is 2.41. The van der Waals surface area contributed by atoms with Crippen LogP contribution in [0.4, 0.5) is 4.79 Å². The Morgan fingerprint density at radius 2 is 1.78 bits per heavy atom. The fraction of sp³-hybridized carbons (Fsp3) is 0.429. The number of halogens is 1. The summed E-state index contributed by atoms with van der Waals surface area (Å²) in [5.41, 5.74) is 1.45. The maximum absolute atomic E-state index is 12.6. The number of amides is 1. The molecule has 192 valence electrons. The highest BCUT2D eigenvalue weighted by Crippen LogP contribution is 2.44. The number of likely N-dealkylation sites (tertiary alicyclic amines) is 1. The van der Waals surface area contributed by atoms with Gasteiger partial charge in [0.2, 0.25) is 0 Å². The van der Waals surface area contributed by atoms with Gasteiger partial charge in [-0.15, -0.1) is 0 Å². The number of hydrogen-bond donors (Lipinski definition) is 0. The fourth-order valence-electron chi connectivity index (χ4n) is 4.46. The molecule has 3 aromatic rings. The number of methoxy groups -OCH3 is 2. The Morgan fingerprint density at radius 1 is 1.08 bits per heavy atom. The summed E-state index contributed by atoms with van der Waals surface area (Å²) in [6.45, 7) is 6.97. The molecule has 8 heteroatoms. The third-order valence-electron chi connectivity index (χ3n) is 6.45. The number of aromatic nitrogens is 1. The van der Waals surface area contributed by atoms with Crippen LogP contribution in [0.15, 0.2) is 48.7 Å². The summed E-state index contributed by atoms with van der Waals surface area (Å²) >= 11 is 6.53. The average Bonchev–Trinajstić information content (AvgIpc) is 2.86. The maximum atomic E-state index is 12.6. The molecule has 1 amide bonds. The van der Waals surface area contributed by atoms with Crippen molar-refractivity contribution in [3.8, 4) is 11.5 Å². The predicted molar refractivity (Wildman–Crippen MR) is 140 cm³/mol. The monoisotopic (exact) mass is 512 g/mol. The molecule has 0 spiro atoms. The zero-order chi connectivity index (χ0) is 25.9. The van der Waals surface area contributed by atoms with Gasteiger partial charge in [-0.1, -0.05) is 23.7 Å². The topological polar surface area (TPSA) is 70.1 Å². The lowest BCUT2D eigenvalue weighted by molar-refractivity contribution is -0.0663. The molecular formula is C28H33ClN2O5. The van der Waals surface area contributed by atoms with Crippen LogP contribution in [0.2, 0.25) is 5.02 Å². The van der Waals surface area contributed by atoms with Crippen molar-refractivity contribution in [3.05, 3.63) is 64.8 Å². The van der Waals surface area contributed by atoms with Gasteiger partial charge in [0.05, 0.1) is 23.3 Å². The van der Waals surface area contributed by atoms with Crippen LogP contribution in [-0.2, 0) is 21.7 Å². The summed E-state index contributed by atoms with van der Waals surface area (Å²) in [5.74, 6) is 1.47. The smallest absolute Gasteiger partial charge is 0.410 e. The van der Waals surface area contributed by atoms with Crippen molar-refractivity contribution in [1.29, 1.82) is 0 Å². The SMILES string of the molecule is COc1ccc(COc2cc3nccc(Cl)c3cc2C2(OC)CCN(C(=O)OC(C)(C)C)CC2)cc1. The Labute approximate surface area is 217 Å². The second-order valence-corrected chi connectivity index (χ2v) is 10.4. The molecule has 1 aliphatic heterocycles. The van der Waals surface area contributed by atoms with E-state index in [-0.39, 0.29) is 6.09 Å². The van der Waals surface area contributed by atoms with Crippen molar-refractivity contribution in [2.45, 2.75) is 51.4 Å². The van der Waals surface area contributed by atoms with Crippen LogP contribution in [0.3, 0.4) is 0 Å². The molecule has 1 fully saturated rings. The fourth-order valence-corrected chi connectivity index (χ4v) is 4.67. The lowest BCUT2D eigenvalue weighted by atomic mass is 9.83. The molecule has 0 N–H and O–H groups in total. The minimum atomic E-state index is -0.652. The van der Waals surface area contributed by atoms with Gasteiger partial charge in [-0.2, -0.15) is 0 Å². The number of carbonyl (C=O) groups excluding carboxylic acids is 1. The Hall–Kier alpha value is -3.03. The number of rotatable bonds is 6. The van der Waals surface area contributed by atoms with Crippen LogP contribution in [0, 0.1) is 0 Å². The summed E-state index contributed by atoms with van der Waals surface area (Å²) in [5, 5.41) is 1.44. The van der Waals surface area contributed by atoms with Crippen molar-refractivity contribution in [2.24, 2.45) is 0 Å². The first kappa shape index (κ1) is 26.0. The number of carbonyl (C=O) groups is 1. The summed E-state index contributed by atoms with van der Waals surface area (Å²) in [4.78, 5) is 18.9. The number of pyridine rings is 1. The van der Waals surface area contributed by atoms with Gasteiger partial charge < -0.3 is 23.8 Å². The second-order valence-electron chi connectivity index (χ2n) is 9.96. The first-order valence-electron chi connectivity index (χ1n) is 12.0. The molecule has 2 aromatic carbocycles. The van der Waals surface area contributed by atoms with Crippen LogP contribution < -0.4 is 9.47 Å². The number of ether oxygens (including phenoxy) is 4. The van der Waals surface area contributed by atoms with Gasteiger partial charge in [0.15, 0.2) is 0 Å². The molecular weight excluding hydrogens is 480 g/mol. The molecule has 1 aliphatic rings. The van der Waals surface area contributed by atoms with E-state index < -0.39 is 11.2 Å². The molecule has 0 bridgehead atoms. The summed E-state index contributed by atoms with van der Waals surface area (Å²) in [6.07, 6.45) is 2.55. The Morgan fingerprint density at radius 3 is 2.39 bits per heavy atom. The molecule has 4 rings (SSSR count). The summed E-state index contributed by atoms with van der Waals surface area (Å²) in [6, 6.07) is 13.5. The van der Waals surface area contributed by atoms with E-state index >= 15 is 0 Å². The first-order chi connectivity index (χ1) is 17.1. The van der Waals surface area contributed by atoms with Crippen molar-refractivity contribution in [3.63, 3.8) is 0 Å². The zero-order valence-electron chi connectivity index (χ0n) is 21.5. The molecule has 1 aromatic heterocycles. The molecule has 0 radical (unpaired) electrons. The summed E-state index contributed by atoms with van der Waals surface area (Å²) in [7, 11) is 3.34. The van der Waals surface area contributed by atoms with Gasteiger partial charge in [0.1, 0.15) is 23.7 Å². The van der Waals surface area contributed by atoms with Gasteiger partial charge in [-0.3, -0.25) is 4.98 Å². The van der Waals surface area contributed by atoms with E-state index in [1.807, 2.05) is 57.2 Å². The van der Waals surface area contributed by atoms with Crippen LogP contribution >= 0.6 is 11.6 Å². The van der Waals surface area contributed by atoms with E-state index in [0.29, 0.717) is 43.3 Å². The molecule has 0 aliphatic carbocycles. The Kier molecular flexibility index (Phi) is 7.62. The standard InChI is InChI=1S/C28H33ClN2O5/c1-27(2,3)36-26(32)31-14-11-28(34-5,12-15-31)22-16-21-23(29)10-13-30-24(21)17-25(22)35-18-19-6-8-20(33-4)9-7-19/h6-10,13,16-17H,11-12,14-15,18H2,1-5H3. The highest BCUT2D eigenvalue weighted by atomic mass is 35.5. The van der Waals surface area contributed by atoms with Crippen LogP contribution in [0.25, 0.3) is 10.9 Å². The minimum absolute atomic E-state index is 0.311. The minimum Gasteiger partial charge on any atom is -0.497 e. The predicted octanol–water partition coefficient (Wildman–Crippen LogP) is 6.35. The van der Waals surface area contributed by atoms with Crippen LogP contribution in [0.5, 0.6) is 11.5 Å². The average molecular weight is 513 g/mol. The van der Waals surface area contributed by atoms with Gasteiger partial charge >= 0.3 is 6.09 Å². The lowest BCUT2D eigenvalue weighted by Crippen LogP contribution is -2.47. The van der Waals surface area contributed by atoms with E-state index in [0.717, 1.165) is 27.8 Å². The lowest BCUT2D eigenvalue weighted by Gasteiger charge is -2.42. The van der Waals surface area contributed by atoms with E-state index in [4.69, 9.17) is 30.5 Å². The van der Waals surface area contributed by atoms with E-state index in [9.17, 15) is 4.79 Å². The Balaban J connectivity index is 1.64. The van der Waals surface area contributed by atoms with Crippen LogP contribution in [-0.4, -0.2) is 48.9 Å².